The van der Waals surface area contributed by atoms with Gasteiger partial charge in [0.25, 0.3) is 21.9 Å². The van der Waals surface area contributed by atoms with Gasteiger partial charge in [0.1, 0.15) is 36.3 Å². The lowest BCUT2D eigenvalue weighted by molar-refractivity contribution is -0.148. The number of amides is 7. The Morgan fingerprint density at radius 1 is 0.929 bits per heavy atom. The van der Waals surface area contributed by atoms with E-state index in [2.05, 4.69) is 26.6 Å². The fourth-order valence-electron chi connectivity index (χ4n) is 5.40. The normalized spacial score (nSPS) is 14.8. The number of imide groups is 1. The molecular weight excluding hydrogens is 754 g/mol. The molecule has 1 aliphatic rings. The Labute approximate surface area is 326 Å². The molecule has 1 heterocycles. The van der Waals surface area contributed by atoms with Crippen molar-refractivity contribution in [2.24, 2.45) is 17.6 Å². The molecule has 56 heavy (non-hydrogen) atoms. The Morgan fingerprint density at radius 3 is 2.12 bits per heavy atom. The molecule has 1 unspecified atom stereocenters. The van der Waals surface area contributed by atoms with Crippen molar-refractivity contribution in [3.63, 3.8) is 0 Å². The van der Waals surface area contributed by atoms with Crippen LogP contribution in [0.2, 0.25) is 0 Å². The molecule has 19 nitrogen and oxygen atoms in total. The van der Waals surface area contributed by atoms with E-state index in [1.54, 1.807) is 52.0 Å². The molecule has 0 saturated heterocycles. The molecule has 0 saturated carbocycles. The summed E-state index contributed by atoms with van der Waals surface area (Å²) in [6, 6.07) is 2.84. The minimum absolute atomic E-state index is 0.000489. The molecule has 3 atom stereocenters. The third-order valence-electron chi connectivity index (χ3n) is 8.57. The number of urea groups is 1. The third kappa shape index (κ3) is 16.6. The molecule has 0 fully saturated rings. The van der Waals surface area contributed by atoms with Crippen LogP contribution in [0.15, 0.2) is 36.4 Å². The molecular formula is C36H53N7O12S. The zero-order valence-electron chi connectivity index (χ0n) is 32.0. The predicted octanol–water partition coefficient (Wildman–Crippen LogP) is 0.299. The van der Waals surface area contributed by atoms with Crippen LogP contribution in [0.5, 0.6) is 0 Å². The Balaban J connectivity index is 2.14. The van der Waals surface area contributed by atoms with Crippen LogP contribution in [-0.2, 0) is 55.0 Å². The first-order valence-electron chi connectivity index (χ1n) is 18.2. The van der Waals surface area contributed by atoms with Crippen LogP contribution in [0.4, 0.5) is 10.5 Å². The number of esters is 1. The molecule has 2 rings (SSSR count). The first-order chi connectivity index (χ1) is 26.3. The van der Waals surface area contributed by atoms with Gasteiger partial charge in [0.2, 0.25) is 17.7 Å². The number of anilines is 1. The Bertz CT molecular complexity index is 1700. The van der Waals surface area contributed by atoms with Crippen LogP contribution in [0.25, 0.3) is 0 Å². The van der Waals surface area contributed by atoms with Gasteiger partial charge in [-0.15, -0.1) is 0 Å². The largest absolute Gasteiger partial charge is 0.461 e. The quantitative estimate of drug-likeness (QED) is 0.0230. The second-order valence-corrected chi connectivity index (χ2v) is 15.5. The van der Waals surface area contributed by atoms with Crippen molar-refractivity contribution in [2.45, 2.75) is 90.4 Å². The molecule has 8 N–H and O–H groups in total. The molecule has 1 aromatic carbocycles. The fraction of sp³-hybridized carbons (Fsp3) is 0.556. The Kier molecular flexibility index (Phi) is 18.6. The van der Waals surface area contributed by atoms with E-state index >= 15 is 0 Å². The van der Waals surface area contributed by atoms with Gasteiger partial charge in [0, 0.05) is 43.9 Å². The maximum atomic E-state index is 13.8. The number of hydrogen-bond acceptors (Lipinski definition) is 12. The molecule has 0 radical (unpaired) electrons. The topological polar surface area (TPSA) is 290 Å². The third-order valence-corrected chi connectivity index (χ3v) is 9.33. The molecule has 0 bridgehead atoms. The summed E-state index contributed by atoms with van der Waals surface area (Å²) < 4.78 is 38.4. The van der Waals surface area contributed by atoms with Gasteiger partial charge in [-0.05, 0) is 49.3 Å². The second kappa shape index (κ2) is 22.2. The highest BCUT2D eigenvalue weighted by Crippen LogP contribution is 2.17. The average molecular weight is 808 g/mol. The number of hydrogen-bond donors (Lipinski definition) is 7. The minimum atomic E-state index is -4.81. The number of nitrogens with zero attached hydrogens (tertiary/aromatic N) is 1. The standard InChI is InChI=1S/C36H53N7O12S/c1-23(2)31(41-32(48)27(20-56(52,53)54)40-28(45)9-6-5-7-18-43-29(46)14-15-30(43)47)33(49)42-36(22-44,16-8-17-38-35(37)51)21-39-26-12-10-25(11-13-26)19-55-34(50)24(3)4/h10-15,22-24,27,31,39H,5-9,16-21H2,1-4H3,(H,40,45)(H,41,48)(H,42,49)(H3,37,38,51)(H,52,53,54)/t27-,31?,36+/m0/s1. The molecule has 0 aromatic heterocycles. The second-order valence-electron chi connectivity index (χ2n) is 14.0. The molecule has 310 valence electrons. The van der Waals surface area contributed by atoms with E-state index in [1.165, 1.54) is 0 Å². The average Bonchev–Trinajstić information content (AvgIpc) is 3.44. The van der Waals surface area contributed by atoms with E-state index < -0.39 is 75.0 Å². The smallest absolute Gasteiger partial charge is 0.312 e. The number of ether oxygens (including phenoxy) is 1. The van der Waals surface area contributed by atoms with E-state index in [0.717, 1.165) is 17.1 Å². The van der Waals surface area contributed by atoms with Crippen LogP contribution < -0.4 is 32.3 Å². The summed E-state index contributed by atoms with van der Waals surface area (Å²) in [4.78, 5) is 100. The van der Waals surface area contributed by atoms with Gasteiger partial charge in [-0.1, -0.05) is 46.2 Å². The van der Waals surface area contributed by atoms with Crippen LogP contribution in [0.1, 0.15) is 71.8 Å². The van der Waals surface area contributed by atoms with E-state index in [9.17, 15) is 51.3 Å². The SMILES string of the molecule is CC(C)C(=O)OCc1ccc(NC[C@@](C=O)(CCCNC(N)=O)NC(=O)C(NC(=O)[C@H](CS(=O)(=O)O)NC(=O)CCCCCN2C(=O)C=CC2=O)C(C)C)cc1. The van der Waals surface area contributed by atoms with Gasteiger partial charge in [0.05, 0.1) is 5.92 Å². The summed E-state index contributed by atoms with van der Waals surface area (Å²) in [7, 11) is -4.81. The van der Waals surface area contributed by atoms with Crippen molar-refractivity contribution in [1.29, 1.82) is 0 Å². The number of nitrogens with one attached hydrogen (secondary N) is 5. The summed E-state index contributed by atoms with van der Waals surface area (Å²) in [5.74, 6) is -5.98. The molecule has 0 aliphatic carbocycles. The summed E-state index contributed by atoms with van der Waals surface area (Å²) in [6.45, 7) is 6.72. The lowest BCUT2D eigenvalue weighted by Crippen LogP contribution is -2.62. The highest BCUT2D eigenvalue weighted by atomic mass is 32.2. The van der Waals surface area contributed by atoms with Gasteiger partial charge in [-0.25, -0.2) is 4.79 Å². The molecule has 20 heteroatoms. The number of aldehydes is 1. The van der Waals surface area contributed by atoms with Crippen molar-refractivity contribution >= 4 is 63.6 Å². The number of rotatable bonds is 25. The monoisotopic (exact) mass is 807 g/mol. The van der Waals surface area contributed by atoms with Gasteiger partial charge in [-0.3, -0.25) is 38.2 Å². The number of nitrogens with two attached hydrogens (primary N) is 1. The fourth-order valence-corrected chi connectivity index (χ4v) is 6.05. The minimum Gasteiger partial charge on any atom is -0.461 e. The van der Waals surface area contributed by atoms with Crippen LogP contribution in [-0.4, -0.2) is 109 Å². The molecule has 1 aliphatic heterocycles. The lowest BCUT2D eigenvalue weighted by atomic mass is 9.92. The number of benzene rings is 1. The van der Waals surface area contributed by atoms with Crippen molar-refractivity contribution in [2.75, 3.05) is 30.7 Å². The highest BCUT2D eigenvalue weighted by Gasteiger charge is 2.37. The van der Waals surface area contributed by atoms with Gasteiger partial charge < -0.3 is 41.8 Å². The number of unbranched alkanes of at least 4 members (excludes halogenated alkanes) is 2. The van der Waals surface area contributed by atoms with Crippen molar-refractivity contribution < 1.29 is 56.1 Å². The van der Waals surface area contributed by atoms with Gasteiger partial charge >= 0.3 is 12.0 Å². The summed E-state index contributed by atoms with van der Waals surface area (Å²) in [5, 5.41) is 12.9. The van der Waals surface area contributed by atoms with E-state index in [4.69, 9.17) is 10.5 Å². The first-order valence-corrected chi connectivity index (χ1v) is 19.8. The van der Waals surface area contributed by atoms with Crippen LogP contribution in [0.3, 0.4) is 0 Å². The van der Waals surface area contributed by atoms with Crippen molar-refractivity contribution in [3.8, 4) is 0 Å². The molecule has 0 spiro atoms. The summed E-state index contributed by atoms with van der Waals surface area (Å²) >= 11 is 0. The van der Waals surface area contributed by atoms with Crippen molar-refractivity contribution in [3.05, 3.63) is 42.0 Å². The van der Waals surface area contributed by atoms with Gasteiger partial charge in [-0.2, -0.15) is 8.42 Å². The Morgan fingerprint density at radius 2 is 1.57 bits per heavy atom. The van der Waals surface area contributed by atoms with Crippen LogP contribution in [0, 0.1) is 11.8 Å². The summed E-state index contributed by atoms with van der Waals surface area (Å²) in [6.07, 6.45) is 3.95. The van der Waals surface area contributed by atoms with E-state index in [-0.39, 0.29) is 63.8 Å². The highest BCUT2D eigenvalue weighted by molar-refractivity contribution is 7.85. The van der Waals surface area contributed by atoms with Gasteiger partial charge in [0.15, 0.2) is 0 Å². The number of carbonyl (C=O) groups is 8. The molecule has 7 amide bonds. The predicted molar refractivity (Wildman–Crippen MR) is 203 cm³/mol. The molecule has 1 aromatic rings. The van der Waals surface area contributed by atoms with Crippen molar-refractivity contribution in [1.82, 2.24) is 26.2 Å². The first kappa shape index (κ1) is 46.8. The zero-order valence-corrected chi connectivity index (χ0v) is 32.8. The summed E-state index contributed by atoms with van der Waals surface area (Å²) in [5.41, 5.74) is 4.81. The Hall–Kier alpha value is -5.37. The maximum Gasteiger partial charge on any atom is 0.312 e. The van der Waals surface area contributed by atoms with E-state index in [0.29, 0.717) is 30.4 Å². The zero-order chi connectivity index (χ0) is 42.1. The number of carbonyl (C=O) groups excluding carboxylic acids is 8. The maximum absolute atomic E-state index is 13.8. The van der Waals surface area contributed by atoms with Crippen LogP contribution >= 0.6 is 0 Å². The lowest BCUT2D eigenvalue weighted by Gasteiger charge is -2.33. The van der Waals surface area contributed by atoms with E-state index in [1.807, 2.05) is 0 Å². The number of primary amides is 1.